The second-order valence-electron chi connectivity index (χ2n) is 6.00. The molecule has 0 aromatic heterocycles. The van der Waals surface area contributed by atoms with Crippen molar-refractivity contribution in [1.82, 2.24) is 0 Å². The molecule has 2 aromatic carbocycles. The van der Waals surface area contributed by atoms with Gasteiger partial charge in [-0.15, -0.1) is 11.6 Å². The van der Waals surface area contributed by atoms with Gasteiger partial charge < -0.3 is 9.74 Å². The van der Waals surface area contributed by atoms with Crippen molar-refractivity contribution in [2.24, 2.45) is 5.16 Å². The summed E-state index contributed by atoms with van der Waals surface area (Å²) in [5.74, 6) is -0.638. The first-order valence-electron chi connectivity index (χ1n) is 8.30. The maximum Gasteiger partial charge on any atom is 0.335 e. The van der Waals surface area contributed by atoms with E-state index >= 15 is 0 Å². The Labute approximate surface area is 181 Å². The van der Waals surface area contributed by atoms with Crippen molar-refractivity contribution in [1.29, 1.82) is 0 Å². The summed E-state index contributed by atoms with van der Waals surface area (Å²) in [5, 5.41) is 5.04. The number of halogens is 4. The Morgan fingerprint density at radius 3 is 2.57 bits per heavy atom. The van der Waals surface area contributed by atoms with Gasteiger partial charge in [0.15, 0.2) is 5.71 Å². The average molecular weight is 460 g/mol. The zero-order chi connectivity index (χ0) is 20.3. The van der Waals surface area contributed by atoms with Gasteiger partial charge in [-0.1, -0.05) is 46.0 Å². The number of nitrogens with zero attached hydrogens (tertiary/aromatic N) is 2. The van der Waals surface area contributed by atoms with Crippen LogP contribution in [0.25, 0.3) is 0 Å². The lowest BCUT2D eigenvalue weighted by molar-refractivity contribution is -0.143. The fourth-order valence-electron chi connectivity index (χ4n) is 2.70. The Morgan fingerprint density at radius 2 is 1.86 bits per heavy atom. The predicted molar refractivity (Wildman–Crippen MR) is 112 cm³/mol. The van der Waals surface area contributed by atoms with Crippen molar-refractivity contribution in [2.45, 2.75) is 19.4 Å². The van der Waals surface area contributed by atoms with Gasteiger partial charge in [0, 0.05) is 22.9 Å². The maximum absolute atomic E-state index is 12.9. The minimum Gasteiger partial charge on any atom is -0.317 e. The van der Waals surface area contributed by atoms with Gasteiger partial charge in [-0.2, -0.15) is 0 Å². The van der Waals surface area contributed by atoms with Crippen LogP contribution in [0.2, 0.25) is 15.1 Å². The minimum absolute atomic E-state index is 0.0109. The van der Waals surface area contributed by atoms with E-state index in [4.69, 9.17) is 51.2 Å². The van der Waals surface area contributed by atoms with Crippen LogP contribution in [0.15, 0.2) is 41.6 Å². The summed E-state index contributed by atoms with van der Waals surface area (Å²) in [6.07, 6.45) is 0.578. The first kappa shape index (κ1) is 20.9. The summed E-state index contributed by atoms with van der Waals surface area (Å²) in [6, 6.07) is 10.1. The van der Waals surface area contributed by atoms with Gasteiger partial charge in [0.2, 0.25) is 0 Å². The molecule has 1 amide bonds. The van der Waals surface area contributed by atoms with E-state index < -0.39 is 11.9 Å². The summed E-state index contributed by atoms with van der Waals surface area (Å²) in [7, 11) is 0. The number of rotatable bonds is 6. The molecule has 0 bridgehead atoms. The average Bonchev–Trinajstić information content (AvgIpc) is 2.92. The summed E-state index contributed by atoms with van der Waals surface area (Å²) in [6.45, 7) is 0.240. The second kappa shape index (κ2) is 9.14. The number of fused-ring (bicyclic) bond motifs is 1. The summed E-state index contributed by atoms with van der Waals surface area (Å²) >= 11 is 23.7. The standard InChI is InChI=1S/C19H14Cl4N2O3/c20-7-1-2-17(26)28-24-18-13-9-12(21)4-6-16(13)25(19(18)27)10-11-3-5-14(22)15(23)8-11/h3-6,8-9H,1-2,7,10H2/b24-18+. The van der Waals surface area contributed by atoms with Crippen molar-refractivity contribution in [3.63, 3.8) is 0 Å². The Balaban J connectivity index is 1.90. The number of alkyl halides is 1. The molecule has 5 nitrogen and oxygen atoms in total. The summed E-state index contributed by atoms with van der Waals surface area (Å²) in [4.78, 5) is 31.1. The van der Waals surface area contributed by atoms with E-state index in [-0.39, 0.29) is 18.7 Å². The van der Waals surface area contributed by atoms with Gasteiger partial charge in [-0.25, -0.2) is 4.79 Å². The SMILES string of the molecule is O=C(CCCCl)O/N=C1/C(=O)N(Cc2ccc(Cl)c(Cl)c2)c2ccc(Cl)cc21. The van der Waals surface area contributed by atoms with Gasteiger partial charge >= 0.3 is 5.97 Å². The highest BCUT2D eigenvalue weighted by Crippen LogP contribution is 2.34. The normalized spacial score (nSPS) is 14.5. The zero-order valence-electron chi connectivity index (χ0n) is 14.4. The monoisotopic (exact) mass is 458 g/mol. The molecule has 0 fully saturated rings. The van der Waals surface area contributed by atoms with Crippen molar-refractivity contribution in [2.75, 3.05) is 10.8 Å². The summed E-state index contributed by atoms with van der Waals surface area (Å²) < 4.78 is 0. The molecule has 3 rings (SSSR count). The first-order chi connectivity index (χ1) is 13.4. The maximum atomic E-state index is 12.9. The van der Waals surface area contributed by atoms with Crippen molar-refractivity contribution in [3.05, 3.63) is 62.6 Å². The molecular formula is C19H14Cl4N2O3. The highest BCUT2D eigenvalue weighted by Gasteiger charge is 2.35. The molecule has 0 radical (unpaired) electrons. The molecule has 28 heavy (non-hydrogen) atoms. The molecule has 2 aromatic rings. The molecule has 0 spiro atoms. The molecule has 0 aliphatic carbocycles. The van der Waals surface area contributed by atoms with Crippen LogP contribution in [0.1, 0.15) is 24.0 Å². The van der Waals surface area contributed by atoms with E-state index in [1.807, 2.05) is 0 Å². The van der Waals surface area contributed by atoms with Gasteiger partial charge in [0.05, 0.1) is 22.3 Å². The first-order valence-corrected chi connectivity index (χ1v) is 9.97. The lowest BCUT2D eigenvalue weighted by Gasteiger charge is -2.17. The number of amides is 1. The van der Waals surface area contributed by atoms with Crippen LogP contribution in [-0.4, -0.2) is 23.5 Å². The molecule has 0 N–H and O–H groups in total. The quantitative estimate of drug-likeness (QED) is 0.327. The Bertz CT molecular complexity index is 962. The van der Waals surface area contributed by atoms with Crippen LogP contribution < -0.4 is 4.90 Å². The minimum atomic E-state index is -0.563. The molecule has 0 saturated heterocycles. The zero-order valence-corrected chi connectivity index (χ0v) is 17.4. The van der Waals surface area contributed by atoms with E-state index in [1.54, 1.807) is 36.4 Å². The highest BCUT2D eigenvalue weighted by atomic mass is 35.5. The smallest absolute Gasteiger partial charge is 0.317 e. The van der Waals surface area contributed by atoms with Gasteiger partial charge in [-0.05, 0) is 42.3 Å². The number of benzene rings is 2. The van der Waals surface area contributed by atoms with Crippen LogP contribution in [-0.2, 0) is 21.0 Å². The van der Waals surface area contributed by atoms with E-state index in [9.17, 15) is 9.59 Å². The van der Waals surface area contributed by atoms with Gasteiger partial charge in [-0.3, -0.25) is 4.79 Å². The Morgan fingerprint density at radius 1 is 1.07 bits per heavy atom. The topological polar surface area (TPSA) is 59.0 Å². The van der Waals surface area contributed by atoms with Crippen molar-refractivity contribution >= 4 is 69.7 Å². The largest absolute Gasteiger partial charge is 0.335 e. The fraction of sp³-hybridized carbons (Fsp3) is 0.211. The molecule has 1 aliphatic heterocycles. The molecule has 9 heteroatoms. The van der Waals surface area contributed by atoms with Crippen molar-refractivity contribution < 1.29 is 14.4 Å². The number of oxime groups is 1. The third-order valence-corrected chi connectivity index (χ3v) is 5.27. The van der Waals surface area contributed by atoms with Gasteiger partial charge in [0.25, 0.3) is 5.91 Å². The van der Waals surface area contributed by atoms with E-state index in [2.05, 4.69) is 5.16 Å². The Hall–Kier alpha value is -1.79. The molecular weight excluding hydrogens is 446 g/mol. The van der Waals surface area contributed by atoms with Gasteiger partial charge in [0.1, 0.15) is 0 Å². The van der Waals surface area contributed by atoms with E-state index in [1.165, 1.54) is 4.90 Å². The van der Waals surface area contributed by atoms with Crippen LogP contribution in [0.5, 0.6) is 0 Å². The van der Waals surface area contributed by atoms with E-state index in [0.29, 0.717) is 38.6 Å². The molecule has 146 valence electrons. The lowest BCUT2D eigenvalue weighted by Crippen LogP contribution is -2.29. The van der Waals surface area contributed by atoms with Crippen molar-refractivity contribution in [3.8, 4) is 0 Å². The second-order valence-corrected chi connectivity index (χ2v) is 7.63. The molecule has 1 aliphatic rings. The summed E-state index contributed by atoms with van der Waals surface area (Å²) in [5.41, 5.74) is 1.89. The third kappa shape index (κ3) is 4.61. The molecule has 0 unspecified atom stereocenters. The number of anilines is 1. The number of carbonyl (C=O) groups is 2. The van der Waals surface area contributed by atoms with Crippen LogP contribution >= 0.6 is 46.4 Å². The Kier molecular flexibility index (Phi) is 6.83. The number of hydrogen-bond acceptors (Lipinski definition) is 4. The molecule has 0 saturated carbocycles. The third-order valence-electron chi connectivity index (χ3n) is 4.03. The molecule has 1 heterocycles. The number of carbonyl (C=O) groups excluding carboxylic acids is 2. The predicted octanol–water partition coefficient (Wildman–Crippen LogP) is 5.46. The highest BCUT2D eigenvalue weighted by molar-refractivity contribution is 6.54. The van der Waals surface area contributed by atoms with E-state index in [0.717, 1.165) is 5.56 Å². The molecule has 0 atom stereocenters. The lowest BCUT2D eigenvalue weighted by atomic mass is 10.1. The van der Waals surface area contributed by atoms with Crippen LogP contribution in [0, 0.1) is 0 Å². The van der Waals surface area contributed by atoms with Crippen LogP contribution in [0.3, 0.4) is 0 Å². The fourth-order valence-corrected chi connectivity index (χ4v) is 3.33. The number of hydrogen-bond donors (Lipinski definition) is 0. The van der Waals surface area contributed by atoms with Crippen LogP contribution in [0.4, 0.5) is 5.69 Å².